The van der Waals surface area contributed by atoms with Gasteiger partial charge in [0.05, 0.1) is 18.4 Å². The van der Waals surface area contributed by atoms with E-state index in [-0.39, 0.29) is 11.3 Å². The van der Waals surface area contributed by atoms with Crippen molar-refractivity contribution in [1.82, 2.24) is 5.32 Å². The highest BCUT2D eigenvalue weighted by atomic mass is 16.5. The van der Waals surface area contributed by atoms with E-state index in [1.54, 1.807) is 0 Å². The summed E-state index contributed by atoms with van der Waals surface area (Å²) in [6.45, 7) is 4.17. The normalized spacial score (nSPS) is 31.4. The Morgan fingerprint density at radius 2 is 2.50 bits per heavy atom. The second kappa shape index (κ2) is 5.52. The van der Waals surface area contributed by atoms with E-state index in [1.165, 1.54) is 6.26 Å². The molecule has 5 nitrogen and oxygen atoms in total. The van der Waals surface area contributed by atoms with E-state index in [4.69, 9.17) is 9.47 Å². The molecule has 2 heterocycles. The molecule has 0 radical (unpaired) electrons. The Kier molecular flexibility index (Phi) is 4.01. The van der Waals surface area contributed by atoms with Gasteiger partial charge in [-0.2, -0.15) is 0 Å². The molecule has 0 aliphatic carbocycles. The number of hydrogen-bond donors (Lipinski definition) is 1. The zero-order chi connectivity index (χ0) is 13.0. The van der Waals surface area contributed by atoms with Crippen LogP contribution in [0, 0.1) is 5.41 Å². The second-order valence-corrected chi connectivity index (χ2v) is 5.29. The monoisotopic (exact) mass is 253 g/mol. The molecular weight excluding hydrogens is 234 g/mol. The molecule has 0 aromatic carbocycles. The first-order valence-corrected chi connectivity index (χ1v) is 6.29. The summed E-state index contributed by atoms with van der Waals surface area (Å²) in [5.74, 6) is -0.104. The molecular formula is C13H19NO4. The van der Waals surface area contributed by atoms with Crippen LogP contribution in [0.1, 0.15) is 26.2 Å². The first-order chi connectivity index (χ1) is 8.63. The van der Waals surface area contributed by atoms with E-state index in [2.05, 4.69) is 12.2 Å². The van der Waals surface area contributed by atoms with E-state index in [9.17, 15) is 9.59 Å². The van der Waals surface area contributed by atoms with Crippen LogP contribution in [-0.4, -0.2) is 38.1 Å². The predicted octanol–water partition coefficient (Wildman–Crippen LogP) is 0.791. The molecule has 0 aromatic rings. The van der Waals surface area contributed by atoms with Gasteiger partial charge in [0.15, 0.2) is 12.4 Å². The van der Waals surface area contributed by atoms with Gasteiger partial charge in [0.2, 0.25) is 5.91 Å². The van der Waals surface area contributed by atoms with Crippen LogP contribution in [-0.2, 0) is 19.1 Å². The quantitative estimate of drug-likeness (QED) is 0.752. The first kappa shape index (κ1) is 13.1. The van der Waals surface area contributed by atoms with Gasteiger partial charge in [0, 0.05) is 18.6 Å². The van der Waals surface area contributed by atoms with Crippen molar-refractivity contribution in [2.75, 3.05) is 19.8 Å². The number of aldehydes is 1. The number of carbonyl (C=O) groups excluding carboxylic acids is 2. The van der Waals surface area contributed by atoms with Gasteiger partial charge in [-0.1, -0.05) is 6.92 Å². The maximum absolute atomic E-state index is 11.9. The highest BCUT2D eigenvalue weighted by molar-refractivity contribution is 5.93. The van der Waals surface area contributed by atoms with Crippen molar-refractivity contribution >= 4 is 12.2 Å². The average molecular weight is 253 g/mol. The van der Waals surface area contributed by atoms with Crippen molar-refractivity contribution in [2.24, 2.45) is 5.41 Å². The van der Waals surface area contributed by atoms with Crippen LogP contribution in [0.15, 0.2) is 11.8 Å². The first-order valence-electron chi connectivity index (χ1n) is 6.29. The molecule has 0 bridgehead atoms. The molecule has 18 heavy (non-hydrogen) atoms. The molecule has 2 unspecified atom stereocenters. The Bertz CT molecular complexity index is 358. The van der Waals surface area contributed by atoms with Crippen LogP contribution in [0.2, 0.25) is 0 Å². The number of amides is 1. The summed E-state index contributed by atoms with van der Waals surface area (Å²) in [5.41, 5.74) is 0.646. The smallest absolute Gasteiger partial charge is 0.250 e. The number of rotatable bonds is 4. The third-order valence-corrected chi connectivity index (χ3v) is 3.50. The van der Waals surface area contributed by atoms with Gasteiger partial charge in [-0.05, 0) is 19.3 Å². The molecule has 2 aliphatic rings. The predicted molar refractivity (Wildman–Crippen MR) is 64.8 cm³/mol. The summed E-state index contributed by atoms with van der Waals surface area (Å²) in [7, 11) is 0. The highest BCUT2D eigenvalue weighted by Gasteiger charge is 2.30. The van der Waals surface area contributed by atoms with Gasteiger partial charge in [-0.15, -0.1) is 0 Å². The third kappa shape index (κ3) is 3.10. The van der Waals surface area contributed by atoms with Gasteiger partial charge in [0.1, 0.15) is 0 Å². The summed E-state index contributed by atoms with van der Waals surface area (Å²) >= 11 is 0. The summed E-state index contributed by atoms with van der Waals surface area (Å²) in [4.78, 5) is 22.4. The number of nitrogens with one attached hydrogen (secondary N) is 1. The number of ether oxygens (including phenoxy) is 2. The van der Waals surface area contributed by atoms with Crippen molar-refractivity contribution in [3.05, 3.63) is 11.8 Å². The molecule has 2 aliphatic heterocycles. The lowest BCUT2D eigenvalue weighted by molar-refractivity contribution is -0.120. The maximum atomic E-state index is 11.9. The Balaban J connectivity index is 1.81. The minimum Gasteiger partial charge on any atom is -0.490 e. The van der Waals surface area contributed by atoms with Gasteiger partial charge in [0.25, 0.3) is 0 Å². The molecule has 1 N–H and O–H groups in total. The van der Waals surface area contributed by atoms with Crippen LogP contribution in [0.25, 0.3) is 0 Å². The van der Waals surface area contributed by atoms with Crippen molar-refractivity contribution < 1.29 is 19.1 Å². The Morgan fingerprint density at radius 1 is 1.67 bits per heavy atom. The van der Waals surface area contributed by atoms with Crippen LogP contribution < -0.4 is 5.32 Å². The van der Waals surface area contributed by atoms with E-state index in [0.717, 1.165) is 19.3 Å². The highest BCUT2D eigenvalue weighted by Crippen LogP contribution is 2.26. The molecule has 100 valence electrons. The Morgan fingerprint density at radius 3 is 3.06 bits per heavy atom. The Labute approximate surface area is 107 Å². The fourth-order valence-corrected chi connectivity index (χ4v) is 2.12. The zero-order valence-electron chi connectivity index (χ0n) is 10.6. The lowest BCUT2D eigenvalue weighted by atomic mass is 9.90. The van der Waals surface area contributed by atoms with Gasteiger partial charge in [-0.25, -0.2) is 0 Å². The van der Waals surface area contributed by atoms with E-state index in [0.29, 0.717) is 31.6 Å². The van der Waals surface area contributed by atoms with Crippen molar-refractivity contribution in [2.45, 2.75) is 32.3 Å². The van der Waals surface area contributed by atoms with E-state index in [1.807, 2.05) is 0 Å². The van der Waals surface area contributed by atoms with Crippen LogP contribution in [0.3, 0.4) is 0 Å². The minimum absolute atomic E-state index is 0.0388. The van der Waals surface area contributed by atoms with Crippen molar-refractivity contribution in [3.63, 3.8) is 0 Å². The van der Waals surface area contributed by atoms with Crippen LogP contribution in [0.4, 0.5) is 0 Å². The summed E-state index contributed by atoms with van der Waals surface area (Å²) < 4.78 is 10.5. The molecule has 1 fully saturated rings. The number of hydrogen-bond acceptors (Lipinski definition) is 4. The van der Waals surface area contributed by atoms with Crippen LogP contribution >= 0.6 is 0 Å². The van der Waals surface area contributed by atoms with Gasteiger partial charge >= 0.3 is 0 Å². The van der Waals surface area contributed by atoms with Gasteiger partial charge in [-0.3, -0.25) is 9.59 Å². The largest absolute Gasteiger partial charge is 0.490 e. The second-order valence-electron chi connectivity index (χ2n) is 5.29. The standard InChI is InChI=1S/C13H19NO4/c1-13(4-5-17-9-13)8-14-12(16)10-2-3-11(6-15)18-7-10/h6-7,11H,2-5,8-9H2,1H3,(H,14,16). The summed E-state index contributed by atoms with van der Waals surface area (Å²) in [6, 6.07) is 0. The minimum atomic E-state index is -0.401. The molecule has 0 aromatic heterocycles. The van der Waals surface area contributed by atoms with Crippen LogP contribution in [0.5, 0.6) is 0 Å². The molecule has 1 saturated heterocycles. The molecule has 0 spiro atoms. The van der Waals surface area contributed by atoms with E-state index < -0.39 is 6.10 Å². The fourth-order valence-electron chi connectivity index (χ4n) is 2.12. The Hall–Kier alpha value is -1.36. The lowest BCUT2D eigenvalue weighted by Gasteiger charge is -2.23. The molecule has 2 atom stereocenters. The van der Waals surface area contributed by atoms with Gasteiger partial charge < -0.3 is 14.8 Å². The molecule has 1 amide bonds. The average Bonchev–Trinajstić information content (AvgIpc) is 2.83. The maximum Gasteiger partial charge on any atom is 0.250 e. The fraction of sp³-hybridized carbons (Fsp3) is 0.692. The zero-order valence-corrected chi connectivity index (χ0v) is 10.6. The SMILES string of the molecule is CC1(CNC(=O)C2=COC(C=O)CC2)CCOC1. The van der Waals surface area contributed by atoms with E-state index >= 15 is 0 Å². The third-order valence-electron chi connectivity index (χ3n) is 3.50. The van der Waals surface area contributed by atoms with Crippen molar-refractivity contribution in [3.8, 4) is 0 Å². The molecule has 5 heteroatoms. The van der Waals surface area contributed by atoms with Crippen molar-refractivity contribution in [1.29, 1.82) is 0 Å². The molecule has 0 saturated carbocycles. The topological polar surface area (TPSA) is 64.6 Å². The molecule has 2 rings (SSSR count). The summed E-state index contributed by atoms with van der Waals surface area (Å²) in [5, 5.41) is 2.91. The lowest BCUT2D eigenvalue weighted by Crippen LogP contribution is -2.37. The summed E-state index contributed by atoms with van der Waals surface area (Å²) in [6.07, 6.45) is 3.90. The number of carbonyl (C=O) groups is 2.